The summed E-state index contributed by atoms with van der Waals surface area (Å²) in [6.45, 7) is 2.77. The van der Waals surface area contributed by atoms with Crippen LogP contribution >= 0.6 is 7.82 Å². The number of rotatable bonds is 44. The zero-order valence-corrected chi connectivity index (χ0v) is 38.2. The molecule has 0 aliphatic heterocycles. The fourth-order valence-corrected chi connectivity index (χ4v) is 7.19. The Hall–Kier alpha value is -2.30. The fourth-order valence-electron chi connectivity index (χ4n) is 6.41. The first kappa shape index (κ1) is 56.7. The van der Waals surface area contributed by atoms with E-state index in [1.54, 1.807) is 0 Å². The van der Waals surface area contributed by atoms with E-state index in [1.807, 2.05) is 0 Å². The van der Waals surface area contributed by atoms with Gasteiger partial charge in [0, 0.05) is 12.8 Å². The average Bonchev–Trinajstić information content (AvgIpc) is 3.21. The van der Waals surface area contributed by atoms with Crippen LogP contribution in [0.2, 0.25) is 0 Å². The van der Waals surface area contributed by atoms with Crippen molar-refractivity contribution in [1.29, 1.82) is 0 Å². The summed E-state index contributed by atoms with van der Waals surface area (Å²) >= 11 is 0. The third-order valence-electron chi connectivity index (χ3n) is 10.1. The van der Waals surface area contributed by atoms with Crippen molar-refractivity contribution in [2.75, 3.05) is 19.8 Å². The van der Waals surface area contributed by atoms with Crippen molar-refractivity contribution in [3.8, 4) is 0 Å². The summed E-state index contributed by atoms with van der Waals surface area (Å²) in [5, 5.41) is 8.90. The molecule has 0 fully saturated rings. The second-order valence-corrected chi connectivity index (χ2v) is 17.3. The molecule has 0 saturated carbocycles. The summed E-state index contributed by atoms with van der Waals surface area (Å²) < 4.78 is 32.8. The number of allylic oxidation sites excluding steroid dienone is 6. The van der Waals surface area contributed by atoms with E-state index in [0.717, 1.165) is 70.6 Å². The molecule has 0 aromatic heterocycles. The lowest BCUT2D eigenvalue weighted by Crippen LogP contribution is -2.34. The van der Waals surface area contributed by atoms with E-state index in [4.69, 9.17) is 24.8 Å². The van der Waals surface area contributed by atoms with Gasteiger partial charge in [-0.05, 0) is 44.9 Å². The minimum absolute atomic E-state index is 0.161. The average molecular weight is 856 g/mol. The number of carboxylic acid groups (broad SMARTS) is 1. The Labute approximate surface area is 359 Å². The Kier molecular flexibility index (Phi) is 40.7. The molecule has 12 heteroatoms. The minimum atomic E-state index is -4.72. The summed E-state index contributed by atoms with van der Waals surface area (Å²) in [7, 11) is -4.72. The molecule has 0 amide bonds. The van der Waals surface area contributed by atoms with Crippen molar-refractivity contribution in [3.63, 3.8) is 0 Å². The Bertz CT molecular complexity index is 1140. The number of unbranched alkanes of at least 4 members (excludes halogenated alkanes) is 24. The maximum absolute atomic E-state index is 12.7. The van der Waals surface area contributed by atoms with Gasteiger partial charge in [0.1, 0.15) is 12.6 Å². The van der Waals surface area contributed by atoms with Gasteiger partial charge < -0.3 is 25.2 Å². The van der Waals surface area contributed by atoms with Crippen molar-refractivity contribution in [1.82, 2.24) is 0 Å². The van der Waals surface area contributed by atoms with E-state index in [0.29, 0.717) is 12.8 Å². The maximum atomic E-state index is 12.7. The summed E-state index contributed by atoms with van der Waals surface area (Å²) in [6, 6.07) is -1.52. The Morgan fingerprint density at radius 1 is 0.525 bits per heavy atom. The molecule has 0 heterocycles. The van der Waals surface area contributed by atoms with E-state index in [9.17, 15) is 23.8 Å². The SMILES string of the molecule is CCCC/C=C\C/C=C\C/C=C\CCCCCCCCC(=O)OC[C@H](COP(=O)(O)OC[C@H](N)C(=O)O)OC(=O)CCCCCCCCCCCCCCCCCCC. The summed E-state index contributed by atoms with van der Waals surface area (Å²) in [5.74, 6) is -2.38. The third-order valence-corrected chi connectivity index (χ3v) is 11.1. The number of esters is 2. The van der Waals surface area contributed by atoms with Gasteiger partial charge >= 0.3 is 25.7 Å². The van der Waals surface area contributed by atoms with Crippen LogP contribution in [0, 0.1) is 0 Å². The normalized spacial score (nSPS) is 14.0. The quantitative estimate of drug-likeness (QED) is 0.0230. The molecule has 0 saturated heterocycles. The highest BCUT2D eigenvalue weighted by molar-refractivity contribution is 7.47. The lowest BCUT2D eigenvalue weighted by molar-refractivity contribution is -0.161. The summed E-state index contributed by atoms with van der Waals surface area (Å²) in [5.41, 5.74) is 5.34. The fraction of sp³-hybridized carbons (Fsp3) is 0.809. The number of carboxylic acids is 1. The monoisotopic (exact) mass is 856 g/mol. The van der Waals surface area contributed by atoms with Crippen molar-refractivity contribution in [3.05, 3.63) is 36.5 Å². The van der Waals surface area contributed by atoms with Crippen LogP contribution in [0.15, 0.2) is 36.5 Å². The molecular weight excluding hydrogens is 769 g/mol. The lowest BCUT2D eigenvalue weighted by Gasteiger charge is -2.20. The second kappa shape index (κ2) is 42.4. The summed E-state index contributed by atoms with van der Waals surface area (Å²) in [4.78, 5) is 46.1. The molecular formula is C47H86NO10P. The number of phosphoric acid groups is 1. The smallest absolute Gasteiger partial charge is 0.472 e. The Balaban J connectivity index is 4.32. The number of phosphoric ester groups is 1. The molecule has 0 aromatic carbocycles. The van der Waals surface area contributed by atoms with Crippen LogP contribution in [0.1, 0.15) is 213 Å². The predicted octanol–water partition coefficient (Wildman–Crippen LogP) is 12.8. The van der Waals surface area contributed by atoms with E-state index in [2.05, 4.69) is 54.8 Å². The first-order valence-electron chi connectivity index (χ1n) is 23.5. The van der Waals surface area contributed by atoms with E-state index >= 15 is 0 Å². The number of aliphatic carboxylic acids is 1. The number of nitrogens with two attached hydrogens (primary N) is 1. The highest BCUT2D eigenvalue weighted by Crippen LogP contribution is 2.43. The van der Waals surface area contributed by atoms with Crippen molar-refractivity contribution in [2.24, 2.45) is 5.73 Å². The zero-order valence-electron chi connectivity index (χ0n) is 37.3. The van der Waals surface area contributed by atoms with E-state index < -0.39 is 51.1 Å². The highest BCUT2D eigenvalue weighted by atomic mass is 31.2. The van der Waals surface area contributed by atoms with Crippen LogP contribution in [0.4, 0.5) is 0 Å². The van der Waals surface area contributed by atoms with Gasteiger partial charge in [-0.2, -0.15) is 0 Å². The predicted molar refractivity (Wildman–Crippen MR) is 240 cm³/mol. The van der Waals surface area contributed by atoms with Crippen molar-refractivity contribution in [2.45, 2.75) is 225 Å². The van der Waals surface area contributed by atoms with Gasteiger partial charge in [-0.1, -0.05) is 192 Å². The molecule has 0 aliphatic carbocycles. The molecule has 0 aromatic rings. The first-order valence-corrected chi connectivity index (χ1v) is 25.0. The number of hydrogen-bond donors (Lipinski definition) is 3. The molecule has 0 aliphatic rings. The van der Waals surface area contributed by atoms with Crippen molar-refractivity contribution < 1.29 is 47.5 Å². The van der Waals surface area contributed by atoms with Crippen LogP contribution in [0.3, 0.4) is 0 Å². The molecule has 0 radical (unpaired) electrons. The van der Waals surface area contributed by atoms with Crippen LogP contribution in [-0.4, -0.2) is 59.9 Å². The molecule has 0 bridgehead atoms. The number of ether oxygens (including phenoxy) is 2. The van der Waals surface area contributed by atoms with E-state index in [1.165, 1.54) is 103 Å². The van der Waals surface area contributed by atoms with E-state index in [-0.39, 0.29) is 19.4 Å². The van der Waals surface area contributed by atoms with Gasteiger partial charge in [0.2, 0.25) is 0 Å². The Morgan fingerprint density at radius 3 is 1.39 bits per heavy atom. The van der Waals surface area contributed by atoms with Gasteiger partial charge in [-0.15, -0.1) is 0 Å². The highest BCUT2D eigenvalue weighted by Gasteiger charge is 2.28. The van der Waals surface area contributed by atoms with Gasteiger partial charge in [-0.25, -0.2) is 4.57 Å². The largest absolute Gasteiger partial charge is 0.480 e. The molecule has 59 heavy (non-hydrogen) atoms. The molecule has 1 unspecified atom stereocenters. The number of hydrogen-bond acceptors (Lipinski definition) is 9. The molecule has 344 valence electrons. The molecule has 11 nitrogen and oxygen atoms in total. The second-order valence-electron chi connectivity index (χ2n) is 15.9. The topological polar surface area (TPSA) is 172 Å². The lowest BCUT2D eigenvalue weighted by atomic mass is 10.0. The van der Waals surface area contributed by atoms with Gasteiger partial charge in [0.25, 0.3) is 0 Å². The maximum Gasteiger partial charge on any atom is 0.472 e. The van der Waals surface area contributed by atoms with Crippen LogP contribution in [0.5, 0.6) is 0 Å². The first-order chi connectivity index (χ1) is 28.6. The third kappa shape index (κ3) is 42.2. The summed E-state index contributed by atoms with van der Waals surface area (Å²) in [6.07, 6.45) is 46.3. The van der Waals surface area contributed by atoms with Gasteiger partial charge in [-0.3, -0.25) is 23.4 Å². The standard InChI is InChI=1S/C47H86NO10P/c1-3-5-7-9-11-13-15-17-19-21-23-24-26-28-30-32-34-36-38-45(49)55-40-43(41-56-59(53,54)57-42-44(48)47(51)52)58-46(50)39-37-35-33-31-29-27-25-22-20-18-16-14-12-10-8-6-4-2/h9,11,15,17,21,23,43-44H,3-8,10,12-14,16,18-20,22,24-42,48H2,1-2H3,(H,51,52)(H,53,54)/b11-9-,17-15-,23-21-/t43-,44+/m1/s1. The van der Waals surface area contributed by atoms with Crippen LogP contribution in [-0.2, 0) is 37.5 Å². The van der Waals surface area contributed by atoms with Crippen LogP contribution < -0.4 is 5.73 Å². The molecule has 3 atom stereocenters. The molecule has 4 N–H and O–H groups in total. The molecule has 0 rings (SSSR count). The zero-order chi connectivity index (χ0) is 43.5. The Morgan fingerprint density at radius 2 is 0.915 bits per heavy atom. The van der Waals surface area contributed by atoms with Gasteiger partial charge in [0.15, 0.2) is 6.10 Å². The minimum Gasteiger partial charge on any atom is -0.480 e. The van der Waals surface area contributed by atoms with Crippen LogP contribution in [0.25, 0.3) is 0 Å². The van der Waals surface area contributed by atoms with Crippen molar-refractivity contribution >= 4 is 25.7 Å². The number of carbonyl (C=O) groups excluding carboxylic acids is 2. The molecule has 0 spiro atoms. The number of carbonyl (C=O) groups is 3. The van der Waals surface area contributed by atoms with Gasteiger partial charge in [0.05, 0.1) is 13.2 Å².